The Labute approximate surface area is 122 Å². The third-order valence-corrected chi connectivity index (χ3v) is 4.19. The van der Waals surface area contributed by atoms with Crippen molar-refractivity contribution in [3.63, 3.8) is 0 Å². The zero-order valence-corrected chi connectivity index (χ0v) is 12.1. The van der Waals surface area contributed by atoms with E-state index in [-0.39, 0.29) is 11.8 Å². The van der Waals surface area contributed by atoms with Gasteiger partial charge >= 0.3 is 0 Å². The molecule has 4 rings (SSSR count). The van der Waals surface area contributed by atoms with Crippen LogP contribution in [-0.2, 0) is 0 Å². The Hall–Kier alpha value is -2.11. The Kier molecular flexibility index (Phi) is 2.67. The largest absolute Gasteiger partial charge is 0.466 e. The highest BCUT2D eigenvalue weighted by Crippen LogP contribution is 2.39. The summed E-state index contributed by atoms with van der Waals surface area (Å²) in [5, 5.41) is 4.02. The molecule has 2 fully saturated rings. The van der Waals surface area contributed by atoms with Gasteiger partial charge in [-0.1, -0.05) is 5.16 Å². The Morgan fingerprint density at radius 2 is 2.05 bits per heavy atom. The van der Waals surface area contributed by atoms with Gasteiger partial charge in [0.1, 0.15) is 11.5 Å². The van der Waals surface area contributed by atoms with Crippen LogP contribution in [0.4, 0.5) is 0 Å². The molecule has 1 saturated heterocycles. The monoisotopic (exact) mass is 287 g/mol. The molecule has 1 saturated carbocycles. The third-order valence-electron chi connectivity index (χ3n) is 4.19. The van der Waals surface area contributed by atoms with Crippen LogP contribution < -0.4 is 0 Å². The number of furan rings is 1. The fourth-order valence-electron chi connectivity index (χ4n) is 2.73. The van der Waals surface area contributed by atoms with E-state index in [2.05, 4.69) is 10.1 Å². The van der Waals surface area contributed by atoms with Crippen molar-refractivity contribution in [2.75, 3.05) is 13.1 Å². The highest BCUT2D eigenvalue weighted by atomic mass is 16.5. The number of carbonyl (C=O) groups excluding carboxylic acids is 1. The molecule has 2 aromatic heterocycles. The molecule has 6 nitrogen and oxygen atoms in total. The van der Waals surface area contributed by atoms with Gasteiger partial charge in [0.15, 0.2) is 5.82 Å². The van der Waals surface area contributed by atoms with Crippen molar-refractivity contribution in [3.8, 4) is 0 Å². The average Bonchev–Trinajstić information content (AvgIpc) is 3.04. The molecule has 1 amide bonds. The predicted octanol–water partition coefficient (Wildman–Crippen LogP) is 2.40. The quantitative estimate of drug-likeness (QED) is 0.866. The lowest BCUT2D eigenvalue weighted by Gasteiger charge is -2.36. The molecule has 0 aromatic carbocycles. The first-order valence-corrected chi connectivity index (χ1v) is 7.31. The van der Waals surface area contributed by atoms with E-state index in [4.69, 9.17) is 8.94 Å². The minimum Gasteiger partial charge on any atom is -0.466 e. The van der Waals surface area contributed by atoms with Gasteiger partial charge in [0.05, 0.1) is 11.5 Å². The van der Waals surface area contributed by atoms with E-state index in [1.54, 1.807) is 11.0 Å². The molecule has 0 unspecified atom stereocenters. The van der Waals surface area contributed by atoms with Crippen molar-refractivity contribution in [1.29, 1.82) is 0 Å². The second-order valence-corrected chi connectivity index (χ2v) is 6.00. The van der Waals surface area contributed by atoms with Crippen molar-refractivity contribution < 1.29 is 13.7 Å². The Balaban J connectivity index is 1.42. The normalized spacial score (nSPS) is 18.9. The molecule has 6 heteroatoms. The zero-order valence-electron chi connectivity index (χ0n) is 12.1. The lowest BCUT2D eigenvalue weighted by atomic mass is 9.99. The van der Waals surface area contributed by atoms with Gasteiger partial charge in [-0.2, -0.15) is 4.98 Å². The van der Waals surface area contributed by atoms with E-state index in [9.17, 15) is 4.79 Å². The lowest BCUT2D eigenvalue weighted by molar-refractivity contribution is 0.0567. The summed E-state index contributed by atoms with van der Waals surface area (Å²) in [7, 11) is 0. The smallest absolute Gasteiger partial charge is 0.257 e. The molecular weight excluding hydrogens is 270 g/mol. The number of aromatic nitrogens is 2. The summed E-state index contributed by atoms with van der Waals surface area (Å²) >= 11 is 0. The van der Waals surface area contributed by atoms with Crippen molar-refractivity contribution in [2.45, 2.75) is 38.5 Å². The average molecular weight is 287 g/mol. The lowest BCUT2D eigenvalue weighted by Crippen LogP contribution is -2.48. The maximum atomic E-state index is 12.4. The van der Waals surface area contributed by atoms with Crippen LogP contribution in [0.3, 0.4) is 0 Å². The Bertz CT molecular complexity index is 693. The molecule has 0 radical (unpaired) electrons. The summed E-state index contributed by atoms with van der Waals surface area (Å²) in [5.41, 5.74) is 0.648. The fourth-order valence-corrected chi connectivity index (χ4v) is 2.73. The van der Waals surface area contributed by atoms with Gasteiger partial charge in [0, 0.05) is 19.0 Å². The maximum absolute atomic E-state index is 12.4. The minimum atomic E-state index is 0.0162. The van der Waals surface area contributed by atoms with Crippen LogP contribution >= 0.6 is 0 Å². The van der Waals surface area contributed by atoms with E-state index in [0.29, 0.717) is 36.2 Å². The van der Waals surface area contributed by atoms with Crippen LogP contribution in [0.15, 0.2) is 15.0 Å². The number of carbonyl (C=O) groups is 1. The van der Waals surface area contributed by atoms with Crippen molar-refractivity contribution in [1.82, 2.24) is 15.0 Å². The number of aryl methyl sites for hydroxylation is 2. The molecule has 1 aliphatic carbocycles. The zero-order chi connectivity index (χ0) is 14.6. The number of likely N-dealkylation sites (tertiary alicyclic amines) is 1. The summed E-state index contributed by atoms with van der Waals surface area (Å²) in [4.78, 5) is 18.6. The molecule has 3 heterocycles. The first-order valence-electron chi connectivity index (χ1n) is 7.31. The maximum Gasteiger partial charge on any atom is 0.257 e. The number of hydrogen-bond donors (Lipinski definition) is 0. The number of hydrogen-bond acceptors (Lipinski definition) is 5. The Morgan fingerprint density at radius 3 is 2.67 bits per heavy atom. The van der Waals surface area contributed by atoms with Gasteiger partial charge in [-0.05, 0) is 32.8 Å². The van der Waals surface area contributed by atoms with E-state index in [1.165, 1.54) is 0 Å². The van der Waals surface area contributed by atoms with E-state index in [1.807, 2.05) is 13.8 Å². The van der Waals surface area contributed by atoms with Crippen LogP contribution in [0.25, 0.3) is 0 Å². The second kappa shape index (κ2) is 4.44. The molecule has 21 heavy (non-hydrogen) atoms. The molecule has 0 N–H and O–H groups in total. The molecule has 0 atom stereocenters. The van der Waals surface area contributed by atoms with E-state index in [0.717, 1.165) is 24.4 Å². The van der Waals surface area contributed by atoms with Gasteiger partial charge in [-0.25, -0.2) is 0 Å². The van der Waals surface area contributed by atoms with Gasteiger partial charge in [0.2, 0.25) is 5.89 Å². The van der Waals surface area contributed by atoms with E-state index >= 15 is 0 Å². The van der Waals surface area contributed by atoms with Gasteiger partial charge < -0.3 is 13.8 Å². The molecule has 110 valence electrons. The van der Waals surface area contributed by atoms with Crippen LogP contribution in [0.5, 0.6) is 0 Å². The number of amides is 1. The molecular formula is C15H17N3O3. The molecule has 0 spiro atoms. The first-order chi connectivity index (χ1) is 10.1. The molecule has 2 aliphatic rings. The van der Waals surface area contributed by atoms with Crippen molar-refractivity contribution >= 4 is 5.91 Å². The van der Waals surface area contributed by atoms with Gasteiger partial charge in [-0.15, -0.1) is 0 Å². The second-order valence-electron chi connectivity index (χ2n) is 6.00. The number of nitrogens with zero attached hydrogens (tertiary/aromatic N) is 3. The summed E-state index contributed by atoms with van der Waals surface area (Å²) < 4.78 is 10.7. The highest BCUT2D eigenvalue weighted by molar-refractivity contribution is 5.95. The van der Waals surface area contributed by atoms with Crippen molar-refractivity contribution in [3.05, 3.63) is 34.9 Å². The van der Waals surface area contributed by atoms with Crippen LogP contribution in [0.2, 0.25) is 0 Å². The minimum absolute atomic E-state index is 0.0162. The topological polar surface area (TPSA) is 72.4 Å². The molecule has 1 aliphatic heterocycles. The Morgan fingerprint density at radius 1 is 1.29 bits per heavy atom. The van der Waals surface area contributed by atoms with Crippen LogP contribution in [0, 0.1) is 13.8 Å². The summed E-state index contributed by atoms with van der Waals surface area (Å²) in [6.45, 7) is 4.93. The summed E-state index contributed by atoms with van der Waals surface area (Å²) in [5.74, 6) is 3.62. The van der Waals surface area contributed by atoms with Gasteiger partial charge in [0.25, 0.3) is 5.91 Å². The first kappa shape index (κ1) is 12.6. The van der Waals surface area contributed by atoms with Crippen LogP contribution in [0.1, 0.15) is 58.3 Å². The van der Waals surface area contributed by atoms with Crippen molar-refractivity contribution in [2.24, 2.45) is 0 Å². The molecule has 0 bridgehead atoms. The number of rotatable bonds is 3. The predicted molar refractivity (Wildman–Crippen MR) is 73.1 cm³/mol. The standard InChI is InChI=1S/C15H17N3O3/c1-8-5-12(9(2)20-8)15(19)18-6-11(7-18)14-16-13(17-21-14)10-3-4-10/h5,10-11H,3-4,6-7H2,1-2H3. The summed E-state index contributed by atoms with van der Waals surface area (Å²) in [6.07, 6.45) is 2.32. The SMILES string of the molecule is Cc1cc(C(=O)N2CC(c3nc(C4CC4)no3)C2)c(C)o1. The third kappa shape index (κ3) is 2.14. The fraction of sp³-hybridized carbons (Fsp3) is 0.533. The summed E-state index contributed by atoms with van der Waals surface area (Å²) in [6, 6.07) is 1.79. The van der Waals surface area contributed by atoms with E-state index < -0.39 is 0 Å². The van der Waals surface area contributed by atoms with Gasteiger partial charge in [-0.3, -0.25) is 4.79 Å². The highest BCUT2D eigenvalue weighted by Gasteiger charge is 2.38. The van der Waals surface area contributed by atoms with Crippen LogP contribution in [-0.4, -0.2) is 34.0 Å². The molecule has 2 aromatic rings.